The van der Waals surface area contributed by atoms with E-state index in [1.807, 2.05) is 0 Å². The van der Waals surface area contributed by atoms with Crippen LogP contribution >= 0.6 is 0 Å². The second-order valence-corrected chi connectivity index (χ2v) is 4.68. The lowest BCUT2D eigenvalue weighted by Crippen LogP contribution is -2.76. The summed E-state index contributed by atoms with van der Waals surface area (Å²) in [5, 5.41) is 12.4. The molecule has 3 aliphatic rings. The molecule has 3 heteroatoms. The van der Waals surface area contributed by atoms with Gasteiger partial charge >= 0.3 is 5.97 Å². The molecule has 0 radical (unpaired) electrons. The molecule has 0 amide bonds. The molecule has 0 unspecified atom stereocenters. The van der Waals surface area contributed by atoms with Gasteiger partial charge in [0.15, 0.2) is 0 Å². The standard InChI is InChI=1S/C10H17NO2/c1-2-3-4-11-10-5-9(6-10,7-10)8(12)13/h11H,2-7H2,1H3,(H,12,13). The van der Waals surface area contributed by atoms with Crippen LogP contribution in [0.1, 0.15) is 39.0 Å². The van der Waals surface area contributed by atoms with Crippen molar-refractivity contribution in [2.75, 3.05) is 6.54 Å². The maximum absolute atomic E-state index is 10.8. The lowest BCUT2D eigenvalue weighted by Gasteiger charge is -2.68. The lowest BCUT2D eigenvalue weighted by atomic mass is 9.39. The number of nitrogens with one attached hydrogen (secondary N) is 1. The molecule has 0 aromatic heterocycles. The average molecular weight is 183 g/mol. The minimum Gasteiger partial charge on any atom is -0.481 e. The van der Waals surface area contributed by atoms with Gasteiger partial charge in [0.05, 0.1) is 5.41 Å². The average Bonchev–Trinajstić information content (AvgIpc) is 1.90. The van der Waals surface area contributed by atoms with Crippen LogP contribution in [0, 0.1) is 5.41 Å². The molecule has 2 N–H and O–H groups in total. The summed E-state index contributed by atoms with van der Waals surface area (Å²) in [4.78, 5) is 10.8. The van der Waals surface area contributed by atoms with Crippen LogP contribution in [0.5, 0.6) is 0 Å². The molecular weight excluding hydrogens is 166 g/mol. The molecule has 0 atom stereocenters. The molecule has 3 nitrogen and oxygen atoms in total. The van der Waals surface area contributed by atoms with Crippen molar-refractivity contribution in [3.05, 3.63) is 0 Å². The van der Waals surface area contributed by atoms with Gasteiger partial charge in [0.2, 0.25) is 0 Å². The number of carboxylic acids is 1. The van der Waals surface area contributed by atoms with Gasteiger partial charge in [-0.05, 0) is 32.2 Å². The molecule has 2 bridgehead atoms. The fourth-order valence-electron chi connectivity index (χ4n) is 2.73. The Morgan fingerprint density at radius 3 is 2.54 bits per heavy atom. The number of carbonyl (C=O) groups is 1. The summed E-state index contributed by atoms with van der Waals surface area (Å²) in [6.45, 7) is 3.22. The van der Waals surface area contributed by atoms with Crippen LogP contribution in [-0.2, 0) is 4.79 Å². The maximum atomic E-state index is 10.8. The van der Waals surface area contributed by atoms with Crippen molar-refractivity contribution in [3.63, 3.8) is 0 Å². The second-order valence-electron chi connectivity index (χ2n) is 4.68. The summed E-state index contributed by atoms with van der Waals surface area (Å²) < 4.78 is 0. The molecule has 0 aliphatic heterocycles. The topological polar surface area (TPSA) is 49.3 Å². The lowest BCUT2D eigenvalue weighted by molar-refractivity contribution is -0.198. The van der Waals surface area contributed by atoms with E-state index in [-0.39, 0.29) is 11.0 Å². The quantitative estimate of drug-likeness (QED) is 0.633. The predicted octanol–water partition coefficient (Wildman–Crippen LogP) is 1.38. The Bertz CT molecular complexity index is 217. The number of hydrogen-bond donors (Lipinski definition) is 2. The van der Waals surface area contributed by atoms with Crippen molar-refractivity contribution in [3.8, 4) is 0 Å². The summed E-state index contributed by atoms with van der Waals surface area (Å²) in [5.41, 5.74) is -0.0905. The third-order valence-corrected chi connectivity index (χ3v) is 3.51. The first-order chi connectivity index (χ1) is 6.13. The molecule has 0 heterocycles. The fraction of sp³-hybridized carbons (Fsp3) is 0.900. The summed E-state index contributed by atoms with van der Waals surface area (Å²) in [7, 11) is 0. The minimum atomic E-state index is -0.591. The van der Waals surface area contributed by atoms with E-state index < -0.39 is 5.97 Å². The Labute approximate surface area is 78.5 Å². The van der Waals surface area contributed by atoms with Crippen LogP contribution in [0.2, 0.25) is 0 Å². The highest BCUT2D eigenvalue weighted by molar-refractivity contribution is 5.80. The van der Waals surface area contributed by atoms with E-state index in [1.54, 1.807) is 0 Å². The Hall–Kier alpha value is -0.570. The Kier molecular flexibility index (Phi) is 1.88. The van der Waals surface area contributed by atoms with Gasteiger partial charge in [-0.25, -0.2) is 0 Å². The van der Waals surface area contributed by atoms with Crippen molar-refractivity contribution in [2.24, 2.45) is 5.41 Å². The Morgan fingerprint density at radius 2 is 2.08 bits per heavy atom. The van der Waals surface area contributed by atoms with Gasteiger partial charge in [-0.2, -0.15) is 0 Å². The molecule has 3 aliphatic carbocycles. The monoisotopic (exact) mass is 183 g/mol. The highest BCUT2D eigenvalue weighted by Gasteiger charge is 2.71. The second kappa shape index (κ2) is 2.71. The number of unbranched alkanes of at least 4 members (excludes halogenated alkanes) is 1. The number of aliphatic carboxylic acids is 1. The molecule has 3 saturated carbocycles. The molecule has 0 spiro atoms. The number of carboxylic acid groups (broad SMARTS) is 1. The highest BCUT2D eigenvalue weighted by Crippen LogP contribution is 2.67. The summed E-state index contributed by atoms with van der Waals surface area (Å²) in [6.07, 6.45) is 4.98. The van der Waals surface area contributed by atoms with Crippen LogP contribution < -0.4 is 5.32 Å². The van der Waals surface area contributed by atoms with Gasteiger partial charge in [-0.1, -0.05) is 13.3 Å². The van der Waals surface area contributed by atoms with E-state index in [0.717, 1.165) is 25.8 Å². The Balaban J connectivity index is 1.74. The van der Waals surface area contributed by atoms with E-state index in [0.29, 0.717) is 0 Å². The van der Waals surface area contributed by atoms with Crippen LogP contribution in [-0.4, -0.2) is 23.2 Å². The van der Waals surface area contributed by atoms with Gasteiger partial charge in [0.1, 0.15) is 0 Å². The van der Waals surface area contributed by atoms with Gasteiger partial charge in [0, 0.05) is 5.54 Å². The van der Waals surface area contributed by atoms with E-state index in [1.165, 1.54) is 12.8 Å². The maximum Gasteiger partial charge on any atom is 0.309 e. The number of hydrogen-bond acceptors (Lipinski definition) is 2. The van der Waals surface area contributed by atoms with Gasteiger partial charge in [-0.15, -0.1) is 0 Å². The van der Waals surface area contributed by atoms with Crippen LogP contribution in [0.15, 0.2) is 0 Å². The van der Waals surface area contributed by atoms with E-state index in [9.17, 15) is 4.79 Å². The summed E-state index contributed by atoms with van der Waals surface area (Å²) in [6, 6.07) is 0. The fourth-order valence-corrected chi connectivity index (χ4v) is 2.73. The summed E-state index contributed by atoms with van der Waals surface area (Å²) >= 11 is 0. The SMILES string of the molecule is CCCCNC12CC(C(=O)O)(C1)C2. The normalized spacial score (nSPS) is 40.7. The smallest absolute Gasteiger partial charge is 0.309 e. The van der Waals surface area contributed by atoms with Crippen molar-refractivity contribution < 1.29 is 9.90 Å². The zero-order valence-corrected chi connectivity index (χ0v) is 8.10. The largest absolute Gasteiger partial charge is 0.481 e. The first-order valence-corrected chi connectivity index (χ1v) is 5.11. The zero-order valence-electron chi connectivity index (χ0n) is 8.10. The van der Waals surface area contributed by atoms with E-state index in [2.05, 4.69) is 12.2 Å². The summed E-state index contributed by atoms with van der Waals surface area (Å²) in [5.74, 6) is -0.591. The first-order valence-electron chi connectivity index (χ1n) is 5.11. The van der Waals surface area contributed by atoms with Crippen molar-refractivity contribution in [1.29, 1.82) is 0 Å². The minimum absolute atomic E-state index is 0.230. The van der Waals surface area contributed by atoms with E-state index in [4.69, 9.17) is 5.11 Å². The third kappa shape index (κ3) is 1.17. The number of rotatable bonds is 5. The van der Waals surface area contributed by atoms with Gasteiger partial charge in [0.25, 0.3) is 0 Å². The first kappa shape index (κ1) is 9.00. The van der Waals surface area contributed by atoms with Crippen LogP contribution in [0.25, 0.3) is 0 Å². The zero-order chi connectivity index (χ0) is 9.53. The Morgan fingerprint density at radius 1 is 1.46 bits per heavy atom. The van der Waals surface area contributed by atoms with Crippen LogP contribution in [0.4, 0.5) is 0 Å². The van der Waals surface area contributed by atoms with Gasteiger partial charge < -0.3 is 10.4 Å². The molecule has 0 aromatic rings. The van der Waals surface area contributed by atoms with Crippen molar-refractivity contribution >= 4 is 5.97 Å². The molecule has 3 fully saturated rings. The highest BCUT2D eigenvalue weighted by atomic mass is 16.4. The van der Waals surface area contributed by atoms with Gasteiger partial charge in [-0.3, -0.25) is 4.79 Å². The van der Waals surface area contributed by atoms with Crippen LogP contribution in [0.3, 0.4) is 0 Å². The van der Waals surface area contributed by atoms with Crippen molar-refractivity contribution in [1.82, 2.24) is 5.32 Å². The molecular formula is C10H17NO2. The van der Waals surface area contributed by atoms with Crippen molar-refractivity contribution in [2.45, 2.75) is 44.6 Å². The molecule has 0 saturated heterocycles. The predicted molar refractivity (Wildman–Crippen MR) is 49.6 cm³/mol. The molecule has 0 aromatic carbocycles. The third-order valence-electron chi connectivity index (χ3n) is 3.51. The van der Waals surface area contributed by atoms with E-state index >= 15 is 0 Å². The molecule has 13 heavy (non-hydrogen) atoms. The molecule has 3 rings (SSSR count). The molecule has 74 valence electrons.